The van der Waals surface area contributed by atoms with Gasteiger partial charge in [-0.1, -0.05) is 40.3 Å². The predicted octanol–water partition coefficient (Wildman–Crippen LogP) is 3.05. The van der Waals surface area contributed by atoms with E-state index in [0.717, 1.165) is 10.8 Å². The highest BCUT2D eigenvalue weighted by molar-refractivity contribution is 14.1. The highest BCUT2D eigenvalue weighted by Gasteiger charge is 2.13. The van der Waals surface area contributed by atoms with Gasteiger partial charge in [-0.15, -0.1) is 0 Å². The van der Waals surface area contributed by atoms with Crippen LogP contribution < -0.4 is 10.1 Å². The zero-order valence-electron chi connectivity index (χ0n) is 9.58. The number of benzene rings is 1. The van der Waals surface area contributed by atoms with Gasteiger partial charge in [-0.05, 0) is 31.5 Å². The van der Waals surface area contributed by atoms with E-state index in [2.05, 4.69) is 27.9 Å². The van der Waals surface area contributed by atoms with Gasteiger partial charge in [0.1, 0.15) is 5.75 Å². The van der Waals surface area contributed by atoms with Gasteiger partial charge in [0.2, 0.25) is 0 Å². The van der Waals surface area contributed by atoms with Crippen molar-refractivity contribution in [2.24, 2.45) is 0 Å². The molecule has 0 aromatic heterocycles. The Bertz CT molecular complexity index is 373. The van der Waals surface area contributed by atoms with Crippen molar-refractivity contribution in [3.63, 3.8) is 0 Å². The third-order valence-corrected chi connectivity index (χ3v) is 3.09. The molecular formula is C12H15ClINO2. The van der Waals surface area contributed by atoms with Crippen LogP contribution in [0.3, 0.4) is 0 Å². The van der Waals surface area contributed by atoms with Crippen molar-refractivity contribution in [3.8, 4) is 5.75 Å². The molecule has 1 N–H and O–H groups in total. The molecule has 0 fully saturated rings. The molecule has 0 radical (unpaired) electrons. The van der Waals surface area contributed by atoms with Crippen molar-refractivity contribution in [1.82, 2.24) is 5.32 Å². The lowest BCUT2D eigenvalue weighted by molar-refractivity contribution is -0.127. The second kappa shape index (κ2) is 7.76. The number of rotatable bonds is 6. The second-order valence-electron chi connectivity index (χ2n) is 3.55. The summed E-state index contributed by atoms with van der Waals surface area (Å²) in [6, 6.07) is 7.02. The molecule has 0 aliphatic rings. The Balaban J connectivity index is 2.43. The van der Waals surface area contributed by atoms with Crippen LogP contribution in [-0.4, -0.2) is 23.0 Å². The number of amides is 1. The first-order valence-electron chi connectivity index (χ1n) is 5.39. The first-order chi connectivity index (χ1) is 8.13. The van der Waals surface area contributed by atoms with E-state index in [4.69, 9.17) is 16.3 Å². The molecule has 0 heterocycles. The van der Waals surface area contributed by atoms with Gasteiger partial charge < -0.3 is 10.1 Å². The maximum absolute atomic E-state index is 11.6. The fourth-order valence-corrected chi connectivity index (χ4v) is 1.78. The van der Waals surface area contributed by atoms with Crippen LogP contribution in [0.25, 0.3) is 0 Å². The van der Waals surface area contributed by atoms with Gasteiger partial charge in [0.15, 0.2) is 6.10 Å². The molecule has 1 unspecified atom stereocenters. The Hall–Kier alpha value is -0.490. The SMILES string of the molecule is CC(Oc1cccc(Cl)c1)C(=O)NCCCI. The molecule has 0 aliphatic heterocycles. The molecule has 1 atom stereocenters. The lowest BCUT2D eigenvalue weighted by Gasteiger charge is -2.14. The third kappa shape index (κ3) is 5.59. The van der Waals surface area contributed by atoms with E-state index in [0.29, 0.717) is 17.3 Å². The van der Waals surface area contributed by atoms with E-state index in [1.807, 2.05) is 0 Å². The monoisotopic (exact) mass is 367 g/mol. The Kier molecular flexibility index (Phi) is 6.65. The van der Waals surface area contributed by atoms with Crippen LogP contribution in [0, 0.1) is 0 Å². The van der Waals surface area contributed by atoms with Crippen LogP contribution in [0.5, 0.6) is 5.75 Å². The van der Waals surface area contributed by atoms with Crippen molar-refractivity contribution in [2.45, 2.75) is 19.4 Å². The maximum Gasteiger partial charge on any atom is 0.260 e. The molecular weight excluding hydrogens is 352 g/mol. The van der Waals surface area contributed by atoms with Crippen LogP contribution in [0.2, 0.25) is 5.02 Å². The number of hydrogen-bond donors (Lipinski definition) is 1. The topological polar surface area (TPSA) is 38.3 Å². The summed E-state index contributed by atoms with van der Waals surface area (Å²) in [6.07, 6.45) is 0.457. The van der Waals surface area contributed by atoms with Crippen molar-refractivity contribution < 1.29 is 9.53 Å². The summed E-state index contributed by atoms with van der Waals surface area (Å²) in [7, 11) is 0. The van der Waals surface area contributed by atoms with Crippen LogP contribution in [0.15, 0.2) is 24.3 Å². The molecule has 0 bridgehead atoms. The summed E-state index contributed by atoms with van der Waals surface area (Å²) in [4.78, 5) is 11.6. The number of carbonyl (C=O) groups excluding carboxylic acids is 1. The minimum Gasteiger partial charge on any atom is -0.481 e. The Morgan fingerprint density at radius 2 is 2.35 bits per heavy atom. The standard InChI is InChI=1S/C12H15ClINO2/c1-9(12(16)15-7-3-6-14)17-11-5-2-4-10(13)8-11/h2,4-5,8-9H,3,6-7H2,1H3,(H,15,16). The zero-order chi connectivity index (χ0) is 12.7. The summed E-state index contributed by atoms with van der Waals surface area (Å²) in [5.74, 6) is 0.504. The van der Waals surface area contributed by atoms with Gasteiger partial charge in [0.05, 0.1) is 0 Å². The zero-order valence-corrected chi connectivity index (χ0v) is 12.5. The molecule has 94 valence electrons. The van der Waals surface area contributed by atoms with Gasteiger partial charge in [-0.3, -0.25) is 4.79 Å². The normalized spacial score (nSPS) is 11.9. The smallest absolute Gasteiger partial charge is 0.260 e. The summed E-state index contributed by atoms with van der Waals surface area (Å²) >= 11 is 8.11. The first-order valence-corrected chi connectivity index (χ1v) is 7.29. The largest absolute Gasteiger partial charge is 0.481 e. The van der Waals surface area contributed by atoms with Gasteiger partial charge in [-0.2, -0.15) is 0 Å². The van der Waals surface area contributed by atoms with Gasteiger partial charge >= 0.3 is 0 Å². The molecule has 0 aliphatic carbocycles. The number of nitrogens with one attached hydrogen (secondary N) is 1. The number of halogens is 2. The highest BCUT2D eigenvalue weighted by Crippen LogP contribution is 2.18. The molecule has 1 aromatic carbocycles. The molecule has 1 rings (SSSR count). The number of alkyl halides is 1. The van der Waals surface area contributed by atoms with Crippen molar-refractivity contribution in [2.75, 3.05) is 11.0 Å². The molecule has 17 heavy (non-hydrogen) atoms. The molecule has 0 spiro atoms. The average molecular weight is 368 g/mol. The number of ether oxygens (including phenoxy) is 1. The molecule has 3 nitrogen and oxygen atoms in total. The second-order valence-corrected chi connectivity index (χ2v) is 5.07. The third-order valence-electron chi connectivity index (χ3n) is 2.09. The first kappa shape index (κ1) is 14.6. The molecule has 1 aromatic rings. The Labute approximate surface area is 120 Å². The van der Waals surface area contributed by atoms with E-state index in [-0.39, 0.29) is 5.91 Å². The van der Waals surface area contributed by atoms with Crippen molar-refractivity contribution in [3.05, 3.63) is 29.3 Å². The fraction of sp³-hybridized carbons (Fsp3) is 0.417. The van der Waals surface area contributed by atoms with Crippen LogP contribution in [-0.2, 0) is 4.79 Å². The average Bonchev–Trinajstić information content (AvgIpc) is 2.29. The van der Waals surface area contributed by atoms with E-state index < -0.39 is 6.10 Å². The molecule has 1 amide bonds. The van der Waals surface area contributed by atoms with Crippen molar-refractivity contribution >= 4 is 40.1 Å². The maximum atomic E-state index is 11.6. The fourth-order valence-electron chi connectivity index (χ4n) is 1.22. The lowest BCUT2D eigenvalue weighted by Crippen LogP contribution is -2.36. The van der Waals surface area contributed by atoms with Gasteiger partial charge in [0, 0.05) is 16.0 Å². The Morgan fingerprint density at radius 3 is 3.00 bits per heavy atom. The summed E-state index contributed by atoms with van der Waals surface area (Å²) in [5.41, 5.74) is 0. The van der Waals surface area contributed by atoms with Crippen LogP contribution >= 0.6 is 34.2 Å². The Morgan fingerprint density at radius 1 is 1.59 bits per heavy atom. The van der Waals surface area contributed by atoms with Gasteiger partial charge in [-0.25, -0.2) is 0 Å². The number of carbonyl (C=O) groups is 1. The van der Waals surface area contributed by atoms with E-state index >= 15 is 0 Å². The minimum absolute atomic E-state index is 0.102. The van der Waals surface area contributed by atoms with Crippen LogP contribution in [0.4, 0.5) is 0 Å². The molecule has 0 saturated heterocycles. The lowest BCUT2D eigenvalue weighted by atomic mass is 10.3. The molecule has 5 heteroatoms. The summed E-state index contributed by atoms with van der Waals surface area (Å²) in [5, 5.41) is 3.41. The van der Waals surface area contributed by atoms with E-state index in [1.165, 1.54) is 0 Å². The summed E-state index contributed by atoms with van der Waals surface area (Å²) in [6.45, 7) is 2.41. The van der Waals surface area contributed by atoms with Gasteiger partial charge in [0.25, 0.3) is 5.91 Å². The van der Waals surface area contributed by atoms with Crippen LogP contribution in [0.1, 0.15) is 13.3 Å². The predicted molar refractivity (Wildman–Crippen MR) is 78.1 cm³/mol. The highest BCUT2D eigenvalue weighted by atomic mass is 127. The van der Waals surface area contributed by atoms with Crippen molar-refractivity contribution in [1.29, 1.82) is 0 Å². The number of hydrogen-bond acceptors (Lipinski definition) is 2. The van der Waals surface area contributed by atoms with E-state index in [1.54, 1.807) is 31.2 Å². The quantitative estimate of drug-likeness (QED) is 0.477. The van der Waals surface area contributed by atoms with E-state index in [9.17, 15) is 4.79 Å². The summed E-state index contributed by atoms with van der Waals surface area (Å²) < 4.78 is 6.52. The minimum atomic E-state index is -0.511. The molecule has 0 saturated carbocycles.